The fourth-order valence-electron chi connectivity index (χ4n) is 3.36. The van der Waals surface area contributed by atoms with Crippen molar-refractivity contribution in [2.45, 2.75) is 58.4 Å². The second kappa shape index (κ2) is 6.44. The molecule has 0 aromatic rings. The average molecular weight is 282 g/mol. The van der Waals surface area contributed by atoms with Crippen molar-refractivity contribution >= 4 is 5.91 Å². The minimum atomic E-state index is -0.305. The predicted octanol–water partition coefficient (Wildman–Crippen LogP) is 2.18. The van der Waals surface area contributed by atoms with E-state index in [1.807, 2.05) is 20.8 Å². The van der Waals surface area contributed by atoms with Crippen LogP contribution in [0.15, 0.2) is 0 Å². The Hall–Kier alpha value is -0.610. The molecule has 1 aliphatic carbocycles. The molecule has 0 unspecified atom stereocenters. The predicted molar refractivity (Wildman–Crippen MR) is 80.7 cm³/mol. The van der Waals surface area contributed by atoms with Crippen LogP contribution in [0.5, 0.6) is 0 Å². The van der Waals surface area contributed by atoms with E-state index in [0.29, 0.717) is 0 Å². The summed E-state index contributed by atoms with van der Waals surface area (Å²) >= 11 is 0. The lowest BCUT2D eigenvalue weighted by molar-refractivity contribution is -0.129. The van der Waals surface area contributed by atoms with E-state index in [9.17, 15) is 4.79 Å². The molecule has 116 valence electrons. The molecule has 0 spiro atoms. The topological polar surface area (TPSA) is 41.6 Å². The Morgan fingerprint density at radius 2 is 1.75 bits per heavy atom. The highest BCUT2D eigenvalue weighted by atomic mass is 16.5. The minimum Gasteiger partial charge on any atom is -0.379 e. The molecule has 1 N–H and O–H groups in total. The fraction of sp³-hybridized carbons (Fsp3) is 0.938. The first kappa shape index (κ1) is 15.8. The summed E-state index contributed by atoms with van der Waals surface area (Å²) in [6.07, 6.45) is 6.31. The zero-order valence-electron chi connectivity index (χ0n) is 13.3. The van der Waals surface area contributed by atoms with E-state index < -0.39 is 0 Å². The number of rotatable bonds is 3. The molecule has 1 aliphatic heterocycles. The van der Waals surface area contributed by atoms with Crippen molar-refractivity contribution in [1.29, 1.82) is 0 Å². The first-order valence-electron chi connectivity index (χ1n) is 8.05. The largest absolute Gasteiger partial charge is 0.379 e. The molecule has 1 saturated carbocycles. The molecule has 20 heavy (non-hydrogen) atoms. The van der Waals surface area contributed by atoms with Gasteiger partial charge >= 0.3 is 0 Å². The molecule has 1 amide bonds. The standard InChI is InChI=1S/C16H30N2O2/c1-15(2,3)14(19)17-13-16(7-5-4-6-8-16)18-9-11-20-12-10-18/h4-13H2,1-3H3,(H,17,19). The van der Waals surface area contributed by atoms with Gasteiger partial charge in [0.15, 0.2) is 0 Å². The highest BCUT2D eigenvalue weighted by Crippen LogP contribution is 2.34. The second-order valence-electron chi connectivity index (χ2n) is 7.32. The monoisotopic (exact) mass is 282 g/mol. The summed E-state index contributed by atoms with van der Waals surface area (Å²) in [5.74, 6) is 0.163. The van der Waals surface area contributed by atoms with Gasteiger partial charge in [0.2, 0.25) is 5.91 Å². The van der Waals surface area contributed by atoms with Gasteiger partial charge in [0.05, 0.1) is 13.2 Å². The molecule has 0 aromatic carbocycles. The Balaban J connectivity index is 2.01. The van der Waals surface area contributed by atoms with Gasteiger partial charge in [-0.25, -0.2) is 0 Å². The molecule has 2 fully saturated rings. The highest BCUT2D eigenvalue weighted by Gasteiger charge is 2.39. The number of carbonyl (C=O) groups excluding carboxylic acids is 1. The summed E-state index contributed by atoms with van der Waals surface area (Å²) in [7, 11) is 0. The maximum atomic E-state index is 12.2. The number of ether oxygens (including phenoxy) is 1. The molecule has 1 heterocycles. The number of amides is 1. The van der Waals surface area contributed by atoms with Gasteiger partial charge in [-0.15, -0.1) is 0 Å². The highest BCUT2D eigenvalue weighted by molar-refractivity contribution is 5.81. The first-order valence-corrected chi connectivity index (χ1v) is 8.05. The van der Waals surface area contributed by atoms with Crippen LogP contribution in [0.4, 0.5) is 0 Å². The third kappa shape index (κ3) is 3.73. The van der Waals surface area contributed by atoms with Crippen LogP contribution < -0.4 is 5.32 Å². The Kier molecular flexibility index (Phi) is 5.08. The van der Waals surface area contributed by atoms with Crippen molar-refractivity contribution in [3.63, 3.8) is 0 Å². The third-order valence-electron chi connectivity index (χ3n) is 4.73. The van der Waals surface area contributed by atoms with Gasteiger partial charge in [-0.2, -0.15) is 0 Å². The summed E-state index contributed by atoms with van der Waals surface area (Å²) in [4.78, 5) is 14.7. The zero-order valence-corrected chi connectivity index (χ0v) is 13.3. The van der Waals surface area contributed by atoms with Crippen LogP contribution in [0, 0.1) is 5.41 Å². The van der Waals surface area contributed by atoms with Gasteiger partial charge in [-0.3, -0.25) is 9.69 Å². The average Bonchev–Trinajstić information content (AvgIpc) is 2.45. The lowest BCUT2D eigenvalue weighted by Gasteiger charge is -2.48. The molecule has 0 radical (unpaired) electrons. The third-order valence-corrected chi connectivity index (χ3v) is 4.73. The summed E-state index contributed by atoms with van der Waals surface area (Å²) in [5.41, 5.74) is -0.135. The molecule has 0 bridgehead atoms. The van der Waals surface area contributed by atoms with Crippen molar-refractivity contribution in [2.75, 3.05) is 32.8 Å². The molecule has 2 aliphatic rings. The van der Waals surface area contributed by atoms with Crippen molar-refractivity contribution in [2.24, 2.45) is 5.41 Å². The molecular weight excluding hydrogens is 252 g/mol. The molecule has 1 saturated heterocycles. The van der Waals surface area contributed by atoms with Gasteiger partial charge in [-0.1, -0.05) is 40.0 Å². The normalized spacial score (nSPS) is 24.4. The summed E-state index contributed by atoms with van der Waals surface area (Å²) in [6, 6.07) is 0. The molecule has 0 atom stereocenters. The van der Waals surface area contributed by atoms with Crippen LogP contribution in [0.2, 0.25) is 0 Å². The summed E-state index contributed by atoms with van der Waals surface area (Å²) in [6.45, 7) is 10.4. The van der Waals surface area contributed by atoms with Crippen LogP contribution in [0.25, 0.3) is 0 Å². The quantitative estimate of drug-likeness (QED) is 0.862. The number of nitrogens with one attached hydrogen (secondary N) is 1. The Bertz CT molecular complexity index is 324. The van der Waals surface area contributed by atoms with E-state index in [2.05, 4.69) is 10.2 Å². The first-order chi connectivity index (χ1) is 9.44. The SMILES string of the molecule is CC(C)(C)C(=O)NCC1(N2CCOCC2)CCCCC1. The maximum absolute atomic E-state index is 12.2. The number of carbonyl (C=O) groups is 1. The van der Waals surface area contributed by atoms with E-state index in [1.54, 1.807) is 0 Å². The van der Waals surface area contributed by atoms with E-state index in [4.69, 9.17) is 4.74 Å². The van der Waals surface area contributed by atoms with Gasteiger partial charge < -0.3 is 10.1 Å². The van der Waals surface area contributed by atoms with Crippen LogP contribution in [-0.4, -0.2) is 49.2 Å². The van der Waals surface area contributed by atoms with Gasteiger partial charge in [0, 0.05) is 30.6 Å². The zero-order chi connectivity index (χ0) is 14.6. The molecular formula is C16H30N2O2. The van der Waals surface area contributed by atoms with Crippen LogP contribution in [0.3, 0.4) is 0 Å². The van der Waals surface area contributed by atoms with Crippen molar-refractivity contribution in [3.8, 4) is 0 Å². The Morgan fingerprint density at radius 1 is 1.15 bits per heavy atom. The maximum Gasteiger partial charge on any atom is 0.225 e. The van der Waals surface area contributed by atoms with Crippen molar-refractivity contribution in [3.05, 3.63) is 0 Å². The lowest BCUT2D eigenvalue weighted by Crippen LogP contribution is -2.60. The van der Waals surface area contributed by atoms with E-state index in [1.165, 1.54) is 32.1 Å². The molecule has 4 nitrogen and oxygen atoms in total. The second-order valence-corrected chi connectivity index (χ2v) is 7.32. The minimum absolute atomic E-state index is 0.163. The smallest absolute Gasteiger partial charge is 0.225 e. The van der Waals surface area contributed by atoms with E-state index >= 15 is 0 Å². The van der Waals surface area contributed by atoms with Crippen LogP contribution in [-0.2, 0) is 9.53 Å². The number of nitrogens with zero attached hydrogens (tertiary/aromatic N) is 1. The number of morpholine rings is 1. The molecule has 0 aromatic heterocycles. The van der Waals surface area contributed by atoms with Crippen LogP contribution in [0.1, 0.15) is 52.9 Å². The van der Waals surface area contributed by atoms with Crippen molar-refractivity contribution < 1.29 is 9.53 Å². The van der Waals surface area contributed by atoms with E-state index in [0.717, 1.165) is 32.8 Å². The van der Waals surface area contributed by atoms with Crippen molar-refractivity contribution in [1.82, 2.24) is 10.2 Å². The van der Waals surface area contributed by atoms with Gasteiger partial charge in [0.25, 0.3) is 0 Å². The summed E-state index contributed by atoms with van der Waals surface area (Å²) in [5, 5.41) is 3.21. The number of hydrogen-bond acceptors (Lipinski definition) is 3. The van der Waals surface area contributed by atoms with E-state index in [-0.39, 0.29) is 16.9 Å². The summed E-state index contributed by atoms with van der Waals surface area (Å²) < 4.78 is 5.49. The molecule has 4 heteroatoms. The fourth-order valence-corrected chi connectivity index (χ4v) is 3.36. The van der Waals surface area contributed by atoms with Gasteiger partial charge in [0.1, 0.15) is 0 Å². The Labute approximate surface area is 123 Å². The Morgan fingerprint density at radius 3 is 2.30 bits per heavy atom. The number of hydrogen-bond donors (Lipinski definition) is 1. The lowest BCUT2D eigenvalue weighted by atomic mass is 9.79. The van der Waals surface area contributed by atoms with Gasteiger partial charge in [-0.05, 0) is 12.8 Å². The van der Waals surface area contributed by atoms with Crippen LogP contribution >= 0.6 is 0 Å². The molecule has 2 rings (SSSR count).